The molecule has 0 bridgehead atoms. The number of nitrogens with one attached hydrogen (secondary N) is 1. The molecule has 0 fully saturated rings. The third-order valence-electron chi connectivity index (χ3n) is 4.70. The summed E-state index contributed by atoms with van der Waals surface area (Å²) in [6.45, 7) is 0.650. The Labute approximate surface area is 168 Å². The molecule has 1 N–H and O–H groups in total. The average Bonchev–Trinajstić information content (AvgIpc) is 2.74. The highest BCUT2D eigenvalue weighted by atomic mass is 35.5. The van der Waals surface area contributed by atoms with E-state index < -0.39 is 0 Å². The van der Waals surface area contributed by atoms with Crippen LogP contribution in [0.25, 0.3) is 0 Å². The lowest BCUT2D eigenvalue weighted by atomic mass is 10.0. The van der Waals surface area contributed by atoms with Crippen LogP contribution in [0.2, 0.25) is 5.02 Å². The molecule has 0 aliphatic carbocycles. The van der Waals surface area contributed by atoms with Gasteiger partial charge in [0, 0.05) is 35.3 Å². The molecular formula is C22H18ClN3O2. The van der Waals surface area contributed by atoms with Crippen molar-refractivity contribution in [1.82, 2.24) is 4.98 Å². The highest BCUT2D eigenvalue weighted by molar-refractivity contribution is 6.30. The Balaban J connectivity index is 1.56. The van der Waals surface area contributed by atoms with E-state index in [1.54, 1.807) is 35.2 Å². The predicted molar refractivity (Wildman–Crippen MR) is 110 cm³/mol. The van der Waals surface area contributed by atoms with Crippen LogP contribution in [0.1, 0.15) is 32.7 Å². The van der Waals surface area contributed by atoms with Crippen LogP contribution >= 0.6 is 11.6 Å². The topological polar surface area (TPSA) is 62.3 Å². The first kappa shape index (κ1) is 18.2. The molecule has 4 rings (SSSR count). The van der Waals surface area contributed by atoms with Crippen LogP contribution in [-0.2, 0) is 6.42 Å². The summed E-state index contributed by atoms with van der Waals surface area (Å²) in [5.74, 6) is -0.482. The van der Waals surface area contributed by atoms with Gasteiger partial charge in [-0.2, -0.15) is 0 Å². The third kappa shape index (κ3) is 3.75. The maximum Gasteiger partial charge on any atom is 0.259 e. The average molecular weight is 392 g/mol. The van der Waals surface area contributed by atoms with Crippen LogP contribution in [0.5, 0.6) is 0 Å². The fraction of sp³-hybridized carbons (Fsp3) is 0.136. The van der Waals surface area contributed by atoms with Crippen LogP contribution in [0.15, 0.2) is 67.0 Å². The zero-order valence-electron chi connectivity index (χ0n) is 15.1. The number of benzene rings is 2. The smallest absolute Gasteiger partial charge is 0.259 e. The molecule has 28 heavy (non-hydrogen) atoms. The van der Waals surface area contributed by atoms with Gasteiger partial charge in [0.1, 0.15) is 0 Å². The number of carbonyl (C=O) groups excluding carboxylic acids is 2. The maximum atomic E-state index is 13.1. The summed E-state index contributed by atoms with van der Waals surface area (Å²) in [5, 5.41) is 3.38. The Hall–Kier alpha value is -3.18. The maximum absolute atomic E-state index is 13.1. The van der Waals surface area contributed by atoms with Crippen molar-refractivity contribution in [2.75, 3.05) is 16.8 Å². The number of aromatic nitrogens is 1. The van der Waals surface area contributed by atoms with Crippen molar-refractivity contribution in [3.05, 3.63) is 88.7 Å². The number of anilines is 2. The molecule has 0 saturated heterocycles. The van der Waals surface area contributed by atoms with Crippen molar-refractivity contribution < 1.29 is 9.59 Å². The molecule has 1 aromatic heterocycles. The Bertz CT molecular complexity index is 1030. The van der Waals surface area contributed by atoms with E-state index in [9.17, 15) is 9.59 Å². The normalized spacial score (nSPS) is 13.0. The van der Waals surface area contributed by atoms with Crippen LogP contribution in [0.4, 0.5) is 11.4 Å². The van der Waals surface area contributed by atoms with Gasteiger partial charge in [-0.25, -0.2) is 0 Å². The number of rotatable bonds is 3. The Morgan fingerprint density at radius 3 is 2.57 bits per heavy atom. The molecule has 0 spiro atoms. The molecular weight excluding hydrogens is 374 g/mol. The van der Waals surface area contributed by atoms with Crippen molar-refractivity contribution in [3.8, 4) is 0 Å². The number of fused-ring (bicyclic) bond motifs is 1. The predicted octanol–water partition coefficient (Wildman–Crippen LogP) is 4.58. The highest BCUT2D eigenvalue weighted by Gasteiger charge is 2.24. The number of para-hydroxylation sites is 1. The number of hydrogen-bond donors (Lipinski definition) is 1. The molecule has 2 aromatic carbocycles. The lowest BCUT2D eigenvalue weighted by Gasteiger charge is -2.29. The van der Waals surface area contributed by atoms with Crippen LogP contribution < -0.4 is 10.2 Å². The number of carbonyl (C=O) groups is 2. The number of amides is 2. The standard InChI is InChI=1S/C22H18ClN3O2/c23-18-7-9-19(10-8-18)25-21(27)16-12-17(14-24-13-16)22(28)26-11-3-5-15-4-1-2-6-20(15)26/h1-2,4,6-10,12-14H,3,5,11H2,(H,25,27). The van der Waals surface area contributed by atoms with Gasteiger partial charge >= 0.3 is 0 Å². The van der Waals surface area contributed by atoms with Gasteiger partial charge in [-0.3, -0.25) is 14.6 Å². The second-order valence-electron chi connectivity index (χ2n) is 6.61. The van der Waals surface area contributed by atoms with E-state index in [1.165, 1.54) is 12.4 Å². The van der Waals surface area contributed by atoms with Crippen molar-refractivity contribution >= 4 is 34.8 Å². The molecule has 2 heterocycles. The first-order chi connectivity index (χ1) is 13.6. The summed E-state index contributed by atoms with van der Waals surface area (Å²) in [7, 11) is 0. The lowest BCUT2D eigenvalue weighted by Crippen LogP contribution is -2.35. The van der Waals surface area contributed by atoms with Gasteiger partial charge in [-0.15, -0.1) is 0 Å². The van der Waals surface area contributed by atoms with Crippen molar-refractivity contribution in [3.63, 3.8) is 0 Å². The van der Waals surface area contributed by atoms with E-state index in [-0.39, 0.29) is 11.8 Å². The fourth-order valence-corrected chi connectivity index (χ4v) is 3.44. The summed E-state index contributed by atoms with van der Waals surface area (Å²) in [6, 6.07) is 16.3. The minimum Gasteiger partial charge on any atom is -0.322 e. The number of aryl methyl sites for hydroxylation is 1. The van der Waals surface area contributed by atoms with E-state index in [2.05, 4.69) is 10.3 Å². The Morgan fingerprint density at radius 1 is 1.00 bits per heavy atom. The zero-order chi connectivity index (χ0) is 19.5. The summed E-state index contributed by atoms with van der Waals surface area (Å²) in [4.78, 5) is 31.5. The van der Waals surface area contributed by atoms with Gasteiger partial charge in [0.2, 0.25) is 0 Å². The van der Waals surface area contributed by atoms with E-state index in [1.807, 2.05) is 24.3 Å². The number of hydrogen-bond acceptors (Lipinski definition) is 3. The Kier molecular flexibility index (Phi) is 5.08. The number of pyridine rings is 1. The van der Waals surface area contributed by atoms with E-state index in [4.69, 9.17) is 11.6 Å². The molecule has 6 heteroatoms. The van der Waals surface area contributed by atoms with E-state index in [0.717, 1.165) is 24.1 Å². The van der Waals surface area contributed by atoms with Crippen molar-refractivity contribution in [2.45, 2.75) is 12.8 Å². The van der Waals surface area contributed by atoms with Gasteiger partial charge in [0.15, 0.2) is 0 Å². The van der Waals surface area contributed by atoms with Gasteiger partial charge in [-0.05, 0) is 54.8 Å². The summed E-state index contributed by atoms with van der Waals surface area (Å²) < 4.78 is 0. The molecule has 1 aliphatic heterocycles. The van der Waals surface area contributed by atoms with Crippen molar-refractivity contribution in [1.29, 1.82) is 0 Å². The number of nitrogens with zero attached hydrogens (tertiary/aromatic N) is 2. The molecule has 1 aliphatic rings. The van der Waals surface area contributed by atoms with Gasteiger partial charge in [0.05, 0.1) is 11.1 Å². The minimum atomic E-state index is -0.330. The first-order valence-corrected chi connectivity index (χ1v) is 9.41. The SMILES string of the molecule is O=C(Nc1ccc(Cl)cc1)c1cncc(C(=O)N2CCCc3ccccc32)c1. The molecule has 0 atom stereocenters. The quantitative estimate of drug-likeness (QED) is 0.710. The second kappa shape index (κ2) is 7.82. The fourth-order valence-electron chi connectivity index (χ4n) is 3.32. The Morgan fingerprint density at radius 2 is 1.75 bits per heavy atom. The molecule has 0 radical (unpaired) electrons. The number of halogens is 1. The lowest BCUT2D eigenvalue weighted by molar-refractivity contribution is 0.0984. The van der Waals surface area contributed by atoms with Gasteiger partial charge in [-0.1, -0.05) is 29.8 Å². The van der Waals surface area contributed by atoms with E-state index in [0.29, 0.717) is 28.4 Å². The van der Waals surface area contributed by atoms with Crippen LogP contribution in [0.3, 0.4) is 0 Å². The zero-order valence-corrected chi connectivity index (χ0v) is 15.8. The third-order valence-corrected chi connectivity index (χ3v) is 4.96. The second-order valence-corrected chi connectivity index (χ2v) is 7.05. The molecule has 5 nitrogen and oxygen atoms in total. The van der Waals surface area contributed by atoms with Crippen LogP contribution in [-0.4, -0.2) is 23.3 Å². The largest absolute Gasteiger partial charge is 0.322 e. The molecule has 0 saturated carbocycles. The summed E-state index contributed by atoms with van der Waals surface area (Å²) in [5.41, 5.74) is 3.42. The van der Waals surface area contributed by atoms with Gasteiger partial charge < -0.3 is 10.2 Å². The molecule has 140 valence electrons. The summed E-state index contributed by atoms with van der Waals surface area (Å²) >= 11 is 5.87. The van der Waals surface area contributed by atoms with Crippen LogP contribution in [0, 0.1) is 0 Å². The monoisotopic (exact) mass is 391 g/mol. The molecule has 2 amide bonds. The first-order valence-electron chi connectivity index (χ1n) is 9.03. The van der Waals surface area contributed by atoms with Gasteiger partial charge in [0.25, 0.3) is 11.8 Å². The van der Waals surface area contributed by atoms with E-state index >= 15 is 0 Å². The molecule has 0 unspecified atom stereocenters. The highest BCUT2D eigenvalue weighted by Crippen LogP contribution is 2.28. The molecule has 3 aromatic rings. The minimum absolute atomic E-state index is 0.152. The van der Waals surface area contributed by atoms with Crippen molar-refractivity contribution in [2.24, 2.45) is 0 Å². The summed E-state index contributed by atoms with van der Waals surface area (Å²) in [6.07, 6.45) is 4.82.